The third kappa shape index (κ3) is 4.27. The summed E-state index contributed by atoms with van der Waals surface area (Å²) in [7, 11) is 0. The molecule has 1 aromatic carbocycles. The van der Waals surface area contributed by atoms with E-state index in [0.29, 0.717) is 34.9 Å². The summed E-state index contributed by atoms with van der Waals surface area (Å²) in [6.07, 6.45) is 1.24. The van der Waals surface area contributed by atoms with Crippen LogP contribution in [0.4, 0.5) is 0 Å². The van der Waals surface area contributed by atoms with Gasteiger partial charge < -0.3 is 9.52 Å². The van der Waals surface area contributed by atoms with E-state index in [1.54, 1.807) is 6.07 Å². The van der Waals surface area contributed by atoms with E-state index < -0.39 is 0 Å². The fourth-order valence-electron chi connectivity index (χ4n) is 2.84. The van der Waals surface area contributed by atoms with Crippen LogP contribution in [0.1, 0.15) is 33.3 Å². The molecule has 0 radical (unpaired) electrons. The molecule has 0 unspecified atom stereocenters. The van der Waals surface area contributed by atoms with Crippen molar-refractivity contribution in [3.8, 4) is 5.75 Å². The van der Waals surface area contributed by atoms with Crippen LogP contribution in [-0.2, 0) is 6.54 Å². The first-order chi connectivity index (χ1) is 10.8. The number of phenols is 1. The maximum Gasteiger partial charge on any atom is 0.211 e. The number of hydrogen-bond donors (Lipinski definition) is 1. The molecule has 0 aliphatic carbocycles. The maximum atomic E-state index is 12.1. The Bertz CT molecular complexity index is 727. The van der Waals surface area contributed by atoms with Crippen LogP contribution in [0, 0.1) is 11.8 Å². The average Bonchev–Trinajstić information content (AvgIpc) is 2.44. The maximum absolute atomic E-state index is 12.1. The molecule has 5 heteroatoms. The van der Waals surface area contributed by atoms with Crippen molar-refractivity contribution in [3.05, 3.63) is 39.2 Å². The summed E-state index contributed by atoms with van der Waals surface area (Å²) in [5.41, 5.74) is 0.780. The molecule has 0 atom stereocenters. The molecule has 4 nitrogen and oxygen atoms in total. The van der Waals surface area contributed by atoms with Gasteiger partial charge in [-0.3, -0.25) is 9.69 Å². The summed E-state index contributed by atoms with van der Waals surface area (Å²) in [6.45, 7) is 11.0. The first-order valence-corrected chi connectivity index (χ1v) is 8.31. The molecule has 0 aliphatic rings. The SMILES string of the molecule is CC(C)CN(Cc1c(O)ccc2c(=O)c(Cl)coc12)CC(C)C. The van der Waals surface area contributed by atoms with Crippen LogP contribution in [0.3, 0.4) is 0 Å². The molecule has 0 saturated carbocycles. The number of aromatic hydroxyl groups is 1. The third-order valence-corrected chi connectivity index (χ3v) is 3.87. The summed E-state index contributed by atoms with van der Waals surface area (Å²) in [5, 5.41) is 10.7. The van der Waals surface area contributed by atoms with Crippen molar-refractivity contribution >= 4 is 22.6 Å². The molecule has 1 N–H and O–H groups in total. The van der Waals surface area contributed by atoms with Crippen LogP contribution in [-0.4, -0.2) is 23.1 Å². The Labute approximate surface area is 141 Å². The number of benzene rings is 1. The molecule has 23 heavy (non-hydrogen) atoms. The second kappa shape index (κ2) is 7.37. The Morgan fingerprint density at radius 3 is 2.35 bits per heavy atom. The van der Waals surface area contributed by atoms with Crippen LogP contribution in [0.5, 0.6) is 5.75 Å². The summed E-state index contributed by atoms with van der Waals surface area (Å²) < 4.78 is 5.53. The van der Waals surface area contributed by atoms with E-state index in [1.165, 1.54) is 12.3 Å². The van der Waals surface area contributed by atoms with E-state index >= 15 is 0 Å². The molecule has 0 bridgehead atoms. The van der Waals surface area contributed by atoms with E-state index in [2.05, 4.69) is 32.6 Å². The summed E-state index contributed by atoms with van der Waals surface area (Å²) in [4.78, 5) is 14.4. The highest BCUT2D eigenvalue weighted by Crippen LogP contribution is 2.28. The van der Waals surface area contributed by atoms with E-state index in [9.17, 15) is 9.90 Å². The van der Waals surface area contributed by atoms with Crippen LogP contribution in [0.2, 0.25) is 5.02 Å². The lowest BCUT2D eigenvalue weighted by Crippen LogP contribution is -2.31. The Hall–Kier alpha value is -1.52. The van der Waals surface area contributed by atoms with Crippen molar-refractivity contribution in [2.24, 2.45) is 11.8 Å². The van der Waals surface area contributed by atoms with Gasteiger partial charge in [-0.25, -0.2) is 0 Å². The zero-order chi connectivity index (χ0) is 17.1. The summed E-state index contributed by atoms with van der Waals surface area (Å²) in [5.74, 6) is 1.15. The first kappa shape index (κ1) is 17.8. The standard InChI is InChI=1S/C18H24ClNO3/c1-11(2)7-20(8-12(3)4)9-14-16(21)6-5-13-17(22)15(19)10-23-18(13)14/h5-6,10-12,21H,7-9H2,1-4H3. The minimum absolute atomic E-state index is 0.0513. The normalized spacial score (nSPS) is 12.0. The molecule has 1 heterocycles. The van der Waals surface area contributed by atoms with Gasteiger partial charge in [-0.1, -0.05) is 39.3 Å². The van der Waals surface area contributed by atoms with Gasteiger partial charge in [0.15, 0.2) is 0 Å². The number of hydrogen-bond acceptors (Lipinski definition) is 4. The van der Waals surface area contributed by atoms with Gasteiger partial charge in [-0.15, -0.1) is 0 Å². The lowest BCUT2D eigenvalue weighted by molar-refractivity contribution is 0.209. The topological polar surface area (TPSA) is 53.7 Å². The second-order valence-electron chi connectivity index (χ2n) is 6.83. The van der Waals surface area contributed by atoms with Gasteiger partial charge in [0.1, 0.15) is 22.6 Å². The van der Waals surface area contributed by atoms with Crippen LogP contribution >= 0.6 is 11.6 Å². The van der Waals surface area contributed by atoms with Gasteiger partial charge in [-0.05, 0) is 24.0 Å². The number of rotatable bonds is 6. The Balaban J connectivity index is 2.46. The Morgan fingerprint density at radius 1 is 1.17 bits per heavy atom. The largest absolute Gasteiger partial charge is 0.507 e. The molecular formula is C18H24ClNO3. The molecule has 0 saturated heterocycles. The van der Waals surface area contributed by atoms with Gasteiger partial charge in [-0.2, -0.15) is 0 Å². The summed E-state index contributed by atoms with van der Waals surface area (Å²) in [6, 6.07) is 3.09. The van der Waals surface area contributed by atoms with Crippen molar-refractivity contribution < 1.29 is 9.52 Å². The third-order valence-electron chi connectivity index (χ3n) is 3.61. The van der Waals surface area contributed by atoms with E-state index in [1.807, 2.05) is 0 Å². The number of halogens is 1. The van der Waals surface area contributed by atoms with Crippen molar-refractivity contribution in [2.75, 3.05) is 13.1 Å². The Morgan fingerprint density at radius 2 is 1.78 bits per heavy atom. The number of phenolic OH excluding ortho intramolecular Hbond substituents is 1. The quantitative estimate of drug-likeness (QED) is 0.855. The van der Waals surface area contributed by atoms with Gasteiger partial charge in [0.05, 0.1) is 10.9 Å². The molecule has 126 valence electrons. The molecule has 1 aromatic heterocycles. The monoisotopic (exact) mass is 337 g/mol. The average molecular weight is 338 g/mol. The number of fused-ring (bicyclic) bond motifs is 1. The summed E-state index contributed by atoms with van der Waals surface area (Å²) >= 11 is 5.84. The van der Waals surface area contributed by atoms with Gasteiger partial charge in [0, 0.05) is 19.6 Å². The molecule has 2 aromatic rings. The zero-order valence-corrected chi connectivity index (χ0v) is 14.9. The minimum Gasteiger partial charge on any atom is -0.507 e. The van der Waals surface area contributed by atoms with E-state index in [4.69, 9.17) is 16.0 Å². The van der Waals surface area contributed by atoms with Crippen molar-refractivity contribution in [2.45, 2.75) is 34.2 Å². The minimum atomic E-state index is -0.270. The lowest BCUT2D eigenvalue weighted by Gasteiger charge is -2.26. The fraction of sp³-hybridized carbons (Fsp3) is 0.500. The first-order valence-electron chi connectivity index (χ1n) is 7.93. The smallest absolute Gasteiger partial charge is 0.211 e. The van der Waals surface area contributed by atoms with Gasteiger partial charge >= 0.3 is 0 Å². The predicted molar refractivity (Wildman–Crippen MR) is 94.1 cm³/mol. The van der Waals surface area contributed by atoms with E-state index in [0.717, 1.165) is 13.1 Å². The van der Waals surface area contributed by atoms with E-state index in [-0.39, 0.29) is 16.2 Å². The van der Waals surface area contributed by atoms with Crippen molar-refractivity contribution in [1.29, 1.82) is 0 Å². The molecule has 0 aliphatic heterocycles. The van der Waals surface area contributed by atoms with Crippen molar-refractivity contribution in [3.63, 3.8) is 0 Å². The Kier molecular flexibility index (Phi) is 5.71. The zero-order valence-electron chi connectivity index (χ0n) is 14.1. The number of nitrogens with zero attached hydrogens (tertiary/aromatic N) is 1. The molecular weight excluding hydrogens is 314 g/mol. The van der Waals surface area contributed by atoms with Gasteiger partial charge in [0.25, 0.3) is 0 Å². The second-order valence-corrected chi connectivity index (χ2v) is 7.24. The highest BCUT2D eigenvalue weighted by atomic mass is 35.5. The highest BCUT2D eigenvalue weighted by Gasteiger charge is 2.18. The lowest BCUT2D eigenvalue weighted by atomic mass is 10.1. The predicted octanol–water partition coefficient (Wildman–Crippen LogP) is 4.27. The molecule has 2 rings (SSSR count). The molecule has 0 spiro atoms. The van der Waals surface area contributed by atoms with Crippen LogP contribution in [0.15, 0.2) is 27.6 Å². The molecule has 0 amide bonds. The van der Waals surface area contributed by atoms with Crippen LogP contribution in [0.25, 0.3) is 11.0 Å². The molecule has 0 fully saturated rings. The van der Waals surface area contributed by atoms with Crippen LogP contribution < -0.4 is 5.43 Å². The van der Waals surface area contributed by atoms with Crippen molar-refractivity contribution in [1.82, 2.24) is 4.90 Å². The fourth-order valence-corrected chi connectivity index (χ4v) is 2.98. The highest BCUT2D eigenvalue weighted by molar-refractivity contribution is 6.30. The van der Waals surface area contributed by atoms with Gasteiger partial charge in [0.2, 0.25) is 5.43 Å².